The number of hydrogen-bond donors (Lipinski definition) is 1. The first-order valence-corrected chi connectivity index (χ1v) is 6.78. The third kappa shape index (κ3) is 3.80. The van der Waals surface area contributed by atoms with Crippen molar-refractivity contribution in [2.24, 2.45) is 0 Å². The molecule has 1 aromatic carbocycles. The molecular weight excluding hydrogens is 274 g/mol. The number of thiophene rings is 1. The first kappa shape index (κ1) is 14.0. The van der Waals surface area contributed by atoms with E-state index in [1.165, 1.54) is 13.2 Å². The van der Waals surface area contributed by atoms with Crippen LogP contribution in [0.1, 0.15) is 15.2 Å². The van der Waals surface area contributed by atoms with Gasteiger partial charge in [0.25, 0.3) is 0 Å². The number of hydrogen-bond acceptors (Lipinski definition) is 4. The smallest absolute Gasteiger partial charge is 0.337 e. The summed E-state index contributed by atoms with van der Waals surface area (Å²) in [6, 6.07) is 10.4. The number of methoxy groups -OCH3 is 1. The molecule has 0 unspecified atom stereocenters. The fourth-order valence-corrected chi connectivity index (χ4v) is 2.15. The van der Waals surface area contributed by atoms with Gasteiger partial charge >= 0.3 is 5.97 Å². The highest BCUT2D eigenvalue weighted by Crippen LogP contribution is 2.12. The number of carbonyl (C=O) groups excluding carboxylic acids is 2. The van der Waals surface area contributed by atoms with Crippen molar-refractivity contribution in [2.75, 3.05) is 12.4 Å². The Hall–Kier alpha value is -2.40. The van der Waals surface area contributed by atoms with Gasteiger partial charge in [-0.25, -0.2) is 4.79 Å². The van der Waals surface area contributed by atoms with E-state index in [-0.39, 0.29) is 5.91 Å². The van der Waals surface area contributed by atoms with Gasteiger partial charge in [-0.3, -0.25) is 4.79 Å². The maximum absolute atomic E-state index is 11.7. The van der Waals surface area contributed by atoms with E-state index in [1.807, 2.05) is 17.5 Å². The number of rotatable bonds is 4. The summed E-state index contributed by atoms with van der Waals surface area (Å²) in [5.41, 5.74) is 1.07. The topological polar surface area (TPSA) is 55.4 Å². The highest BCUT2D eigenvalue weighted by molar-refractivity contribution is 7.10. The molecule has 0 aliphatic heterocycles. The molecule has 102 valence electrons. The van der Waals surface area contributed by atoms with Crippen molar-refractivity contribution in [2.45, 2.75) is 0 Å². The molecular formula is C15H13NO3S. The molecule has 0 aliphatic carbocycles. The molecule has 0 atom stereocenters. The normalized spacial score (nSPS) is 10.4. The summed E-state index contributed by atoms with van der Waals surface area (Å²) in [4.78, 5) is 24.0. The molecule has 1 heterocycles. The Balaban J connectivity index is 1.96. The molecule has 5 heteroatoms. The Morgan fingerprint density at radius 1 is 1.20 bits per heavy atom. The fourth-order valence-electron chi connectivity index (χ4n) is 1.54. The van der Waals surface area contributed by atoms with Crippen molar-refractivity contribution in [3.63, 3.8) is 0 Å². The van der Waals surface area contributed by atoms with E-state index in [4.69, 9.17) is 0 Å². The summed E-state index contributed by atoms with van der Waals surface area (Å²) in [5, 5.41) is 4.66. The number of benzene rings is 1. The van der Waals surface area contributed by atoms with Crippen molar-refractivity contribution in [3.8, 4) is 0 Å². The second kappa shape index (κ2) is 6.68. The highest BCUT2D eigenvalue weighted by atomic mass is 32.1. The molecule has 1 N–H and O–H groups in total. The first-order valence-electron chi connectivity index (χ1n) is 5.90. The predicted molar refractivity (Wildman–Crippen MR) is 79.8 cm³/mol. The maximum Gasteiger partial charge on any atom is 0.337 e. The summed E-state index contributed by atoms with van der Waals surface area (Å²) in [6.45, 7) is 0. The summed E-state index contributed by atoms with van der Waals surface area (Å²) in [5.74, 6) is -0.621. The number of esters is 1. The number of ether oxygens (including phenoxy) is 1. The molecule has 2 aromatic rings. The lowest BCUT2D eigenvalue weighted by molar-refractivity contribution is -0.111. The molecule has 0 radical (unpaired) electrons. The number of carbonyl (C=O) groups is 2. The number of nitrogens with one attached hydrogen (secondary N) is 1. The number of anilines is 1. The van der Waals surface area contributed by atoms with Gasteiger partial charge in [0.05, 0.1) is 12.7 Å². The van der Waals surface area contributed by atoms with Gasteiger partial charge in [-0.2, -0.15) is 0 Å². The minimum absolute atomic E-state index is 0.218. The van der Waals surface area contributed by atoms with Crippen molar-refractivity contribution in [1.29, 1.82) is 0 Å². The zero-order valence-corrected chi connectivity index (χ0v) is 11.6. The zero-order chi connectivity index (χ0) is 14.4. The van der Waals surface area contributed by atoms with Crippen LogP contribution >= 0.6 is 11.3 Å². The van der Waals surface area contributed by atoms with E-state index >= 15 is 0 Å². The third-order valence-electron chi connectivity index (χ3n) is 2.52. The average Bonchev–Trinajstić information content (AvgIpc) is 2.98. The summed E-state index contributed by atoms with van der Waals surface area (Å²) < 4.78 is 4.60. The fraction of sp³-hybridized carbons (Fsp3) is 0.0667. The van der Waals surface area contributed by atoms with Crippen LogP contribution in [-0.4, -0.2) is 19.0 Å². The van der Waals surface area contributed by atoms with Crippen molar-refractivity contribution < 1.29 is 14.3 Å². The maximum atomic E-state index is 11.7. The molecule has 0 aliphatic rings. The van der Waals surface area contributed by atoms with Crippen LogP contribution in [0, 0.1) is 0 Å². The molecule has 0 saturated heterocycles. The van der Waals surface area contributed by atoms with E-state index in [1.54, 1.807) is 41.7 Å². The van der Waals surface area contributed by atoms with Crippen LogP contribution in [0.5, 0.6) is 0 Å². The van der Waals surface area contributed by atoms with E-state index in [0.717, 1.165) is 4.88 Å². The molecule has 1 amide bonds. The van der Waals surface area contributed by atoms with Gasteiger partial charge in [0.1, 0.15) is 0 Å². The second-order valence-electron chi connectivity index (χ2n) is 3.91. The molecule has 2 rings (SSSR count). The van der Waals surface area contributed by atoms with E-state index in [9.17, 15) is 9.59 Å². The lowest BCUT2D eigenvalue weighted by Crippen LogP contribution is -2.08. The number of amides is 1. The minimum atomic E-state index is -0.402. The van der Waals surface area contributed by atoms with Crippen molar-refractivity contribution in [1.82, 2.24) is 0 Å². The van der Waals surface area contributed by atoms with Crippen LogP contribution in [0.2, 0.25) is 0 Å². The van der Waals surface area contributed by atoms with E-state index < -0.39 is 5.97 Å². The van der Waals surface area contributed by atoms with Crippen LogP contribution in [0.15, 0.2) is 47.9 Å². The first-order chi connectivity index (χ1) is 9.69. The summed E-state index contributed by atoms with van der Waals surface area (Å²) in [6.07, 6.45) is 3.23. The Morgan fingerprint density at radius 3 is 2.55 bits per heavy atom. The zero-order valence-electron chi connectivity index (χ0n) is 10.8. The lowest BCUT2D eigenvalue weighted by Gasteiger charge is -2.03. The molecule has 0 saturated carbocycles. The SMILES string of the molecule is COC(=O)c1ccc(NC(=O)/C=C/c2cccs2)cc1. The van der Waals surface area contributed by atoms with E-state index in [2.05, 4.69) is 10.1 Å². The van der Waals surface area contributed by atoms with Crippen molar-refractivity contribution >= 4 is 35.0 Å². The Labute approximate surface area is 120 Å². The van der Waals surface area contributed by atoms with Gasteiger partial charge in [0.15, 0.2) is 0 Å². The molecule has 0 fully saturated rings. The van der Waals surface area contributed by atoms with Crippen LogP contribution < -0.4 is 5.32 Å². The van der Waals surface area contributed by atoms with Gasteiger partial charge in [-0.05, 0) is 41.8 Å². The summed E-state index contributed by atoms with van der Waals surface area (Å²) >= 11 is 1.56. The Morgan fingerprint density at radius 2 is 1.95 bits per heavy atom. The lowest BCUT2D eigenvalue weighted by atomic mass is 10.2. The van der Waals surface area contributed by atoms with Crippen LogP contribution in [0.4, 0.5) is 5.69 Å². The van der Waals surface area contributed by atoms with Gasteiger partial charge < -0.3 is 10.1 Å². The van der Waals surface area contributed by atoms with Gasteiger partial charge in [-0.15, -0.1) is 11.3 Å². The van der Waals surface area contributed by atoms with Crippen LogP contribution in [0.3, 0.4) is 0 Å². The monoisotopic (exact) mass is 287 g/mol. The second-order valence-corrected chi connectivity index (χ2v) is 4.89. The molecule has 0 bridgehead atoms. The largest absolute Gasteiger partial charge is 0.465 e. The minimum Gasteiger partial charge on any atom is -0.465 e. The quantitative estimate of drug-likeness (QED) is 0.694. The Kier molecular flexibility index (Phi) is 4.68. The average molecular weight is 287 g/mol. The van der Waals surface area contributed by atoms with Crippen LogP contribution in [0.25, 0.3) is 6.08 Å². The van der Waals surface area contributed by atoms with E-state index in [0.29, 0.717) is 11.3 Å². The van der Waals surface area contributed by atoms with Gasteiger partial charge in [-0.1, -0.05) is 6.07 Å². The summed E-state index contributed by atoms with van der Waals surface area (Å²) in [7, 11) is 1.33. The highest BCUT2D eigenvalue weighted by Gasteiger charge is 2.05. The van der Waals surface area contributed by atoms with Gasteiger partial charge in [0, 0.05) is 16.6 Å². The predicted octanol–water partition coefficient (Wildman–Crippen LogP) is 3.19. The third-order valence-corrected chi connectivity index (χ3v) is 3.35. The molecule has 4 nitrogen and oxygen atoms in total. The van der Waals surface area contributed by atoms with Crippen molar-refractivity contribution in [3.05, 3.63) is 58.3 Å². The van der Waals surface area contributed by atoms with Gasteiger partial charge in [0.2, 0.25) is 5.91 Å². The Bertz CT molecular complexity index is 615. The molecule has 0 spiro atoms. The standard InChI is InChI=1S/C15H13NO3S/c1-19-15(18)11-4-6-12(7-5-11)16-14(17)9-8-13-3-2-10-20-13/h2-10H,1H3,(H,16,17)/b9-8+. The van der Waals surface area contributed by atoms with Crippen LogP contribution in [-0.2, 0) is 9.53 Å². The molecule has 1 aromatic heterocycles. The molecule has 20 heavy (non-hydrogen) atoms.